The molecule has 0 saturated heterocycles. The first kappa shape index (κ1) is 28.3. The van der Waals surface area contributed by atoms with Crippen LogP contribution >= 0.6 is 0 Å². The van der Waals surface area contributed by atoms with Crippen molar-refractivity contribution < 1.29 is 27.7 Å². The minimum atomic E-state index is -3.36. The summed E-state index contributed by atoms with van der Waals surface area (Å²) in [5.74, 6) is 1.10. The zero-order valence-corrected chi connectivity index (χ0v) is 21.5. The molecule has 0 aliphatic carbocycles. The predicted octanol–water partition coefficient (Wildman–Crippen LogP) is 3.88. The number of nitrogens with one attached hydrogen (secondary N) is 1. The minimum absolute atomic E-state index is 0.0145. The van der Waals surface area contributed by atoms with Gasteiger partial charge in [0.15, 0.2) is 0 Å². The standard InChI is InChI=1S/C25H28N4O8S/c1-38(34,35)26-21-4-10-24(11-5-21)36-18-16-27(15-14-20-2-6-22(7-3-20)28(30)31)17-19-37-25-12-8-23(9-13-25)29(32)33/h2-13,26H,14-19H2,1H3. The van der Waals surface area contributed by atoms with E-state index < -0.39 is 19.9 Å². The molecular formula is C25H28N4O8S. The van der Waals surface area contributed by atoms with Crippen LogP contribution in [0.15, 0.2) is 72.8 Å². The van der Waals surface area contributed by atoms with Crippen molar-refractivity contribution in [2.75, 3.05) is 43.8 Å². The number of sulfonamides is 1. The van der Waals surface area contributed by atoms with E-state index in [0.717, 1.165) is 11.8 Å². The maximum absolute atomic E-state index is 11.3. The molecule has 0 aromatic heterocycles. The van der Waals surface area contributed by atoms with Crippen LogP contribution in [0.25, 0.3) is 0 Å². The van der Waals surface area contributed by atoms with Crippen molar-refractivity contribution in [1.82, 2.24) is 4.90 Å². The first-order valence-corrected chi connectivity index (χ1v) is 13.5. The second kappa shape index (κ2) is 13.4. The van der Waals surface area contributed by atoms with Crippen LogP contribution in [0.1, 0.15) is 5.56 Å². The normalized spacial score (nSPS) is 11.2. The summed E-state index contributed by atoms with van der Waals surface area (Å²) in [5, 5.41) is 21.7. The summed E-state index contributed by atoms with van der Waals surface area (Å²) in [4.78, 5) is 22.9. The van der Waals surface area contributed by atoms with Crippen molar-refractivity contribution in [1.29, 1.82) is 0 Å². The molecule has 38 heavy (non-hydrogen) atoms. The first-order valence-electron chi connectivity index (χ1n) is 11.6. The Labute approximate surface area is 220 Å². The maximum atomic E-state index is 11.3. The van der Waals surface area contributed by atoms with Gasteiger partial charge >= 0.3 is 0 Å². The Morgan fingerprint density at radius 1 is 0.737 bits per heavy atom. The molecule has 3 aromatic rings. The molecule has 0 fully saturated rings. The number of benzene rings is 3. The molecule has 0 unspecified atom stereocenters. The fraction of sp³-hybridized carbons (Fsp3) is 0.280. The van der Waals surface area contributed by atoms with Crippen molar-refractivity contribution >= 4 is 27.1 Å². The lowest BCUT2D eigenvalue weighted by molar-refractivity contribution is -0.385. The minimum Gasteiger partial charge on any atom is -0.492 e. The fourth-order valence-corrected chi connectivity index (χ4v) is 4.05. The van der Waals surface area contributed by atoms with Crippen LogP contribution < -0.4 is 14.2 Å². The van der Waals surface area contributed by atoms with Crippen LogP contribution in [-0.4, -0.2) is 62.3 Å². The fourth-order valence-electron chi connectivity index (χ4n) is 3.49. The monoisotopic (exact) mass is 544 g/mol. The third-order valence-electron chi connectivity index (χ3n) is 5.42. The number of nitro groups is 2. The maximum Gasteiger partial charge on any atom is 0.269 e. The molecule has 0 aliphatic heterocycles. The van der Waals surface area contributed by atoms with E-state index in [-0.39, 0.29) is 11.4 Å². The molecule has 0 spiro atoms. The van der Waals surface area contributed by atoms with E-state index in [1.165, 1.54) is 24.3 Å². The molecule has 0 bridgehead atoms. The summed E-state index contributed by atoms with van der Waals surface area (Å²) in [6.07, 6.45) is 1.73. The van der Waals surface area contributed by atoms with Crippen molar-refractivity contribution in [3.63, 3.8) is 0 Å². The molecule has 1 N–H and O–H groups in total. The molecule has 0 atom stereocenters. The van der Waals surface area contributed by atoms with Crippen molar-refractivity contribution in [2.45, 2.75) is 6.42 Å². The molecule has 0 saturated carbocycles. The molecule has 0 aliphatic rings. The Hall–Kier alpha value is -4.23. The average Bonchev–Trinajstić information content (AvgIpc) is 2.87. The second-order valence-electron chi connectivity index (χ2n) is 8.36. The Balaban J connectivity index is 1.55. The number of rotatable bonds is 15. The lowest BCUT2D eigenvalue weighted by atomic mass is 10.1. The lowest BCUT2D eigenvalue weighted by Gasteiger charge is -2.22. The number of nitrogens with zero attached hydrogens (tertiary/aromatic N) is 3. The molecular weight excluding hydrogens is 516 g/mol. The summed E-state index contributed by atoms with van der Waals surface area (Å²) < 4.78 is 36.7. The lowest BCUT2D eigenvalue weighted by Crippen LogP contribution is -2.34. The summed E-state index contributed by atoms with van der Waals surface area (Å²) >= 11 is 0. The Bertz CT molecular complexity index is 1310. The van der Waals surface area contributed by atoms with Gasteiger partial charge in [-0.1, -0.05) is 12.1 Å². The summed E-state index contributed by atoms with van der Waals surface area (Å²) in [6, 6.07) is 18.8. The van der Waals surface area contributed by atoms with Gasteiger partial charge in [-0.05, 0) is 48.4 Å². The van der Waals surface area contributed by atoms with Crippen molar-refractivity contribution in [3.8, 4) is 11.5 Å². The first-order chi connectivity index (χ1) is 18.1. The van der Waals surface area contributed by atoms with Crippen LogP contribution in [0, 0.1) is 20.2 Å². The van der Waals surface area contributed by atoms with Crippen molar-refractivity contribution in [3.05, 3.63) is 98.6 Å². The molecule has 0 heterocycles. The number of non-ortho nitro benzene ring substituents is 2. The highest BCUT2D eigenvalue weighted by Crippen LogP contribution is 2.18. The quantitative estimate of drug-likeness (QED) is 0.222. The van der Waals surface area contributed by atoms with Crippen LogP contribution in [0.4, 0.5) is 17.1 Å². The highest BCUT2D eigenvalue weighted by Gasteiger charge is 2.10. The average molecular weight is 545 g/mol. The molecule has 3 aromatic carbocycles. The largest absolute Gasteiger partial charge is 0.492 e. The van der Waals surface area contributed by atoms with Gasteiger partial charge in [0, 0.05) is 49.6 Å². The predicted molar refractivity (Wildman–Crippen MR) is 142 cm³/mol. The van der Waals surface area contributed by atoms with Gasteiger partial charge in [0.2, 0.25) is 10.0 Å². The van der Waals surface area contributed by atoms with Gasteiger partial charge in [-0.2, -0.15) is 0 Å². The van der Waals surface area contributed by atoms with E-state index in [1.807, 2.05) is 0 Å². The number of hydrogen-bond donors (Lipinski definition) is 1. The highest BCUT2D eigenvalue weighted by atomic mass is 32.2. The van der Waals surface area contributed by atoms with Gasteiger partial charge in [-0.25, -0.2) is 8.42 Å². The van der Waals surface area contributed by atoms with Gasteiger partial charge in [0.25, 0.3) is 11.4 Å². The van der Waals surface area contributed by atoms with E-state index in [1.54, 1.807) is 48.5 Å². The second-order valence-corrected chi connectivity index (χ2v) is 10.1. The molecule has 13 heteroatoms. The molecule has 202 valence electrons. The smallest absolute Gasteiger partial charge is 0.269 e. The van der Waals surface area contributed by atoms with E-state index in [4.69, 9.17) is 9.47 Å². The van der Waals surface area contributed by atoms with Crippen LogP contribution in [0.2, 0.25) is 0 Å². The van der Waals surface area contributed by atoms with Gasteiger partial charge in [-0.15, -0.1) is 0 Å². The van der Waals surface area contributed by atoms with Gasteiger partial charge in [-0.3, -0.25) is 29.9 Å². The van der Waals surface area contributed by atoms with Crippen LogP contribution in [0.5, 0.6) is 11.5 Å². The topological polar surface area (TPSA) is 154 Å². The van der Waals surface area contributed by atoms with E-state index >= 15 is 0 Å². The van der Waals surface area contributed by atoms with Crippen LogP contribution in [-0.2, 0) is 16.4 Å². The molecule has 12 nitrogen and oxygen atoms in total. The zero-order chi connectivity index (χ0) is 27.5. The van der Waals surface area contributed by atoms with E-state index in [2.05, 4.69) is 9.62 Å². The van der Waals surface area contributed by atoms with E-state index in [9.17, 15) is 28.6 Å². The summed E-state index contributed by atoms with van der Waals surface area (Å²) in [5.41, 5.74) is 1.41. The Kier molecular flexibility index (Phi) is 9.96. The number of nitro benzene ring substituents is 2. The third-order valence-corrected chi connectivity index (χ3v) is 6.03. The molecule has 0 amide bonds. The highest BCUT2D eigenvalue weighted by molar-refractivity contribution is 7.92. The van der Waals surface area contributed by atoms with Crippen LogP contribution in [0.3, 0.4) is 0 Å². The Morgan fingerprint density at radius 3 is 1.63 bits per heavy atom. The summed E-state index contributed by atoms with van der Waals surface area (Å²) in [7, 11) is -3.36. The zero-order valence-electron chi connectivity index (χ0n) is 20.7. The number of anilines is 1. The third kappa shape index (κ3) is 9.67. The van der Waals surface area contributed by atoms with Gasteiger partial charge < -0.3 is 9.47 Å². The SMILES string of the molecule is CS(=O)(=O)Nc1ccc(OCCN(CCOc2ccc([N+](=O)[O-])cc2)CCc2ccc([N+](=O)[O-])cc2)cc1. The van der Waals surface area contributed by atoms with E-state index in [0.29, 0.717) is 56.5 Å². The van der Waals surface area contributed by atoms with Crippen molar-refractivity contribution in [2.24, 2.45) is 0 Å². The van der Waals surface area contributed by atoms with Gasteiger partial charge in [0.1, 0.15) is 24.7 Å². The molecule has 0 radical (unpaired) electrons. The number of ether oxygens (including phenoxy) is 2. The van der Waals surface area contributed by atoms with Gasteiger partial charge in [0.05, 0.1) is 16.1 Å². The molecule has 3 rings (SSSR count). The summed E-state index contributed by atoms with van der Waals surface area (Å²) in [6.45, 7) is 2.44. The Morgan fingerprint density at radius 2 is 1.18 bits per heavy atom. The number of hydrogen-bond acceptors (Lipinski definition) is 9.